The van der Waals surface area contributed by atoms with Crippen molar-refractivity contribution >= 4 is 0 Å². The van der Waals surface area contributed by atoms with Crippen LogP contribution in [0.1, 0.15) is 24.9 Å². The molecule has 1 aromatic rings. The van der Waals surface area contributed by atoms with Gasteiger partial charge in [-0.15, -0.1) is 0 Å². The lowest BCUT2D eigenvalue weighted by molar-refractivity contribution is 0.180. The van der Waals surface area contributed by atoms with E-state index in [2.05, 4.69) is 16.9 Å². The molecule has 1 aliphatic rings. The topological polar surface area (TPSA) is 63.9 Å². The van der Waals surface area contributed by atoms with Gasteiger partial charge in [0.25, 0.3) is 0 Å². The third-order valence-electron chi connectivity index (χ3n) is 2.88. The summed E-state index contributed by atoms with van der Waals surface area (Å²) in [7, 11) is 0. The normalized spacial score (nSPS) is 27.0. The number of ether oxygens (including phenoxy) is 1. The van der Waals surface area contributed by atoms with Crippen LogP contribution in [0, 0.1) is 0 Å². The van der Waals surface area contributed by atoms with Gasteiger partial charge in [-0.1, -0.05) is 6.92 Å². The number of aromatic amines is 1. The summed E-state index contributed by atoms with van der Waals surface area (Å²) in [5.41, 5.74) is 6.78. The fourth-order valence-corrected chi connectivity index (χ4v) is 1.81. The number of H-pyrrole nitrogens is 1. The average molecular weight is 195 g/mol. The van der Waals surface area contributed by atoms with E-state index in [9.17, 15) is 0 Å². The van der Waals surface area contributed by atoms with Gasteiger partial charge in [0.15, 0.2) is 0 Å². The van der Waals surface area contributed by atoms with Crippen LogP contribution in [0.15, 0.2) is 6.20 Å². The second-order valence-corrected chi connectivity index (χ2v) is 4.15. The molecule has 1 aromatic heterocycles. The maximum Gasteiger partial charge on any atom is 0.107 e. The Morgan fingerprint density at radius 2 is 2.57 bits per heavy atom. The zero-order chi connectivity index (χ0) is 10.0. The van der Waals surface area contributed by atoms with Crippen LogP contribution in [0.2, 0.25) is 0 Å². The Morgan fingerprint density at radius 3 is 3.21 bits per heavy atom. The summed E-state index contributed by atoms with van der Waals surface area (Å²) in [6.45, 7) is 4.49. The van der Waals surface area contributed by atoms with Gasteiger partial charge in [-0.25, -0.2) is 4.98 Å². The molecule has 0 bridgehead atoms. The van der Waals surface area contributed by atoms with Crippen LogP contribution in [0.5, 0.6) is 0 Å². The molecule has 0 spiro atoms. The summed E-state index contributed by atoms with van der Waals surface area (Å²) < 4.78 is 5.41. The lowest BCUT2D eigenvalue weighted by atomic mass is 9.87. The number of hydrogen-bond acceptors (Lipinski definition) is 3. The summed E-state index contributed by atoms with van der Waals surface area (Å²) in [6.07, 6.45) is 3.80. The van der Waals surface area contributed by atoms with Crippen molar-refractivity contribution in [1.29, 1.82) is 0 Å². The Morgan fingerprint density at radius 1 is 1.71 bits per heavy atom. The molecular weight excluding hydrogens is 178 g/mol. The first-order valence-corrected chi connectivity index (χ1v) is 5.07. The zero-order valence-corrected chi connectivity index (χ0v) is 8.55. The highest BCUT2D eigenvalue weighted by Gasteiger charge is 2.33. The Kier molecular flexibility index (Phi) is 2.56. The molecule has 2 rings (SSSR count). The van der Waals surface area contributed by atoms with E-state index in [4.69, 9.17) is 10.5 Å². The highest BCUT2D eigenvalue weighted by atomic mass is 16.5. The van der Waals surface area contributed by atoms with Gasteiger partial charge in [0, 0.05) is 30.3 Å². The molecule has 0 aliphatic carbocycles. The second kappa shape index (κ2) is 3.71. The molecule has 1 unspecified atom stereocenters. The first-order valence-electron chi connectivity index (χ1n) is 5.07. The monoisotopic (exact) mass is 195 g/mol. The third-order valence-corrected chi connectivity index (χ3v) is 2.88. The lowest BCUT2D eigenvalue weighted by Gasteiger charge is -2.19. The van der Waals surface area contributed by atoms with Crippen LogP contribution >= 0.6 is 0 Å². The molecular formula is C10H17N3O. The Balaban J connectivity index is 2.15. The number of hydrogen-bond donors (Lipinski definition) is 2. The van der Waals surface area contributed by atoms with Gasteiger partial charge < -0.3 is 15.5 Å². The smallest absolute Gasteiger partial charge is 0.107 e. The van der Waals surface area contributed by atoms with Crippen molar-refractivity contribution in [2.24, 2.45) is 5.73 Å². The van der Waals surface area contributed by atoms with E-state index < -0.39 is 0 Å². The van der Waals surface area contributed by atoms with Crippen molar-refractivity contribution in [3.63, 3.8) is 0 Å². The summed E-state index contributed by atoms with van der Waals surface area (Å²) in [5.74, 6) is 0.982. The molecule has 14 heavy (non-hydrogen) atoms. The fraction of sp³-hybridized carbons (Fsp3) is 0.700. The van der Waals surface area contributed by atoms with E-state index in [1.165, 1.54) is 5.69 Å². The molecule has 0 radical (unpaired) electrons. The summed E-state index contributed by atoms with van der Waals surface area (Å²) in [6, 6.07) is 0. The number of imidazole rings is 1. The third kappa shape index (κ3) is 1.67. The van der Waals surface area contributed by atoms with E-state index in [1.807, 2.05) is 6.20 Å². The predicted octanol–water partition coefficient (Wildman–Crippen LogP) is 0.589. The molecule has 4 nitrogen and oxygen atoms in total. The van der Waals surface area contributed by atoms with Crippen molar-refractivity contribution in [3.8, 4) is 0 Å². The van der Waals surface area contributed by atoms with Crippen molar-refractivity contribution in [2.75, 3.05) is 19.8 Å². The van der Waals surface area contributed by atoms with E-state index in [1.54, 1.807) is 0 Å². The van der Waals surface area contributed by atoms with Crippen LogP contribution in [-0.2, 0) is 16.6 Å². The van der Waals surface area contributed by atoms with E-state index >= 15 is 0 Å². The molecule has 0 saturated carbocycles. The molecule has 0 amide bonds. The number of nitrogens with one attached hydrogen (secondary N) is 1. The number of nitrogens with two attached hydrogens (primary N) is 1. The molecule has 0 aromatic carbocycles. The molecule has 1 saturated heterocycles. The average Bonchev–Trinajstić information content (AvgIpc) is 2.75. The summed E-state index contributed by atoms with van der Waals surface area (Å²) in [5, 5.41) is 0. The molecule has 1 atom stereocenters. The van der Waals surface area contributed by atoms with Crippen molar-refractivity contribution in [1.82, 2.24) is 9.97 Å². The number of rotatable bonds is 3. The maximum absolute atomic E-state index is 5.47. The van der Waals surface area contributed by atoms with Crippen LogP contribution in [0.3, 0.4) is 0 Å². The van der Waals surface area contributed by atoms with Gasteiger partial charge in [-0.3, -0.25) is 0 Å². The van der Waals surface area contributed by atoms with Crippen LogP contribution in [0.25, 0.3) is 0 Å². The van der Waals surface area contributed by atoms with Crippen LogP contribution < -0.4 is 5.73 Å². The Hall–Kier alpha value is -0.870. The molecule has 78 valence electrons. The second-order valence-electron chi connectivity index (χ2n) is 4.15. The molecule has 4 heteroatoms. The largest absolute Gasteiger partial charge is 0.380 e. The predicted molar refractivity (Wildman–Crippen MR) is 54.1 cm³/mol. The van der Waals surface area contributed by atoms with Gasteiger partial charge in [0.05, 0.1) is 6.61 Å². The highest BCUT2D eigenvalue weighted by Crippen LogP contribution is 2.31. The molecule has 1 fully saturated rings. The molecule has 3 N–H and O–H groups in total. The van der Waals surface area contributed by atoms with Crippen molar-refractivity contribution in [3.05, 3.63) is 17.7 Å². The van der Waals surface area contributed by atoms with E-state index in [-0.39, 0.29) is 5.41 Å². The van der Waals surface area contributed by atoms with Gasteiger partial charge >= 0.3 is 0 Å². The minimum Gasteiger partial charge on any atom is -0.380 e. The first-order chi connectivity index (χ1) is 6.74. The summed E-state index contributed by atoms with van der Waals surface area (Å²) in [4.78, 5) is 7.63. The maximum atomic E-state index is 5.47. The number of nitrogens with zero attached hydrogens (tertiary/aromatic N) is 1. The number of aromatic nitrogens is 2. The van der Waals surface area contributed by atoms with Gasteiger partial charge in [0.2, 0.25) is 0 Å². The SMILES string of the molecule is CC1(c2cnc(CCN)[nH]2)CCOC1. The van der Waals surface area contributed by atoms with Crippen molar-refractivity contribution in [2.45, 2.75) is 25.2 Å². The quantitative estimate of drug-likeness (QED) is 0.742. The van der Waals surface area contributed by atoms with Gasteiger partial charge in [-0.2, -0.15) is 0 Å². The minimum absolute atomic E-state index is 0.125. The Bertz CT molecular complexity index is 302. The van der Waals surface area contributed by atoms with Gasteiger partial charge in [0.1, 0.15) is 5.82 Å². The highest BCUT2D eigenvalue weighted by molar-refractivity contribution is 5.16. The first kappa shape index (κ1) is 9.68. The zero-order valence-electron chi connectivity index (χ0n) is 8.55. The van der Waals surface area contributed by atoms with Crippen molar-refractivity contribution < 1.29 is 4.74 Å². The summed E-state index contributed by atoms with van der Waals surface area (Å²) >= 11 is 0. The molecule has 2 heterocycles. The Labute approximate surface area is 83.9 Å². The van der Waals surface area contributed by atoms with Crippen LogP contribution in [-0.4, -0.2) is 29.7 Å². The fourth-order valence-electron chi connectivity index (χ4n) is 1.81. The standard InChI is InChI=1S/C10H17N3O/c1-10(3-5-14-7-10)8-6-12-9(13-8)2-4-11/h6H,2-5,7,11H2,1H3,(H,12,13). The van der Waals surface area contributed by atoms with E-state index in [0.29, 0.717) is 6.54 Å². The molecule has 1 aliphatic heterocycles. The lowest BCUT2D eigenvalue weighted by Crippen LogP contribution is -2.22. The minimum atomic E-state index is 0.125. The van der Waals surface area contributed by atoms with E-state index in [0.717, 1.165) is 31.9 Å². The van der Waals surface area contributed by atoms with Gasteiger partial charge in [-0.05, 0) is 13.0 Å². The van der Waals surface area contributed by atoms with Crippen LogP contribution in [0.4, 0.5) is 0 Å².